The SMILES string of the molecule is O=C1CC[C@]2(Cc3ccccc3)c3ccc(O)cc3CCC[C@@H]2C1. The highest BCUT2D eigenvalue weighted by atomic mass is 16.3. The van der Waals surface area contributed by atoms with Gasteiger partial charge in [0.25, 0.3) is 0 Å². The molecule has 0 heterocycles. The number of rotatable bonds is 2. The van der Waals surface area contributed by atoms with Gasteiger partial charge in [0.15, 0.2) is 0 Å². The molecule has 2 aliphatic rings. The molecular weight excluding hydrogens is 296 g/mol. The van der Waals surface area contributed by atoms with Gasteiger partial charge in [0.2, 0.25) is 0 Å². The van der Waals surface area contributed by atoms with Crippen molar-refractivity contribution in [2.24, 2.45) is 5.92 Å². The van der Waals surface area contributed by atoms with Crippen molar-refractivity contribution in [3.8, 4) is 5.75 Å². The Morgan fingerprint density at radius 2 is 1.92 bits per heavy atom. The number of ketones is 1. The van der Waals surface area contributed by atoms with Crippen molar-refractivity contribution in [3.63, 3.8) is 0 Å². The van der Waals surface area contributed by atoms with E-state index in [4.69, 9.17) is 0 Å². The van der Waals surface area contributed by atoms with Crippen LogP contribution >= 0.6 is 0 Å². The lowest BCUT2D eigenvalue weighted by molar-refractivity contribution is -0.123. The van der Waals surface area contributed by atoms with Gasteiger partial charge in [-0.15, -0.1) is 0 Å². The highest BCUT2D eigenvalue weighted by molar-refractivity contribution is 5.80. The minimum atomic E-state index is 0.0365. The van der Waals surface area contributed by atoms with Gasteiger partial charge in [-0.1, -0.05) is 36.4 Å². The first-order valence-corrected chi connectivity index (χ1v) is 9.05. The highest BCUT2D eigenvalue weighted by Gasteiger charge is 2.46. The van der Waals surface area contributed by atoms with Crippen molar-refractivity contribution in [2.75, 3.05) is 0 Å². The second-order valence-electron chi connectivity index (χ2n) is 7.49. The molecule has 0 aromatic heterocycles. The summed E-state index contributed by atoms with van der Waals surface area (Å²) < 4.78 is 0. The number of hydrogen-bond donors (Lipinski definition) is 1. The number of Topliss-reactive ketones (excluding diaryl/α,β-unsaturated/α-hetero) is 1. The molecule has 0 unspecified atom stereocenters. The zero-order chi connectivity index (χ0) is 16.6. The zero-order valence-corrected chi connectivity index (χ0v) is 14.0. The summed E-state index contributed by atoms with van der Waals surface area (Å²) >= 11 is 0. The first-order valence-electron chi connectivity index (χ1n) is 9.05. The number of benzene rings is 2. The second-order valence-corrected chi connectivity index (χ2v) is 7.49. The van der Waals surface area contributed by atoms with Crippen LogP contribution in [0.25, 0.3) is 0 Å². The van der Waals surface area contributed by atoms with Crippen LogP contribution in [0.1, 0.15) is 48.8 Å². The largest absolute Gasteiger partial charge is 0.508 e. The molecule has 2 aromatic rings. The molecule has 2 atom stereocenters. The first-order chi connectivity index (χ1) is 11.7. The predicted octanol–water partition coefficient (Wildman–Crippen LogP) is 4.58. The molecule has 2 nitrogen and oxygen atoms in total. The molecule has 1 fully saturated rings. The molecule has 0 radical (unpaired) electrons. The summed E-state index contributed by atoms with van der Waals surface area (Å²) in [4.78, 5) is 12.2. The van der Waals surface area contributed by atoms with Gasteiger partial charge in [0.1, 0.15) is 11.5 Å². The van der Waals surface area contributed by atoms with Crippen LogP contribution in [-0.2, 0) is 23.1 Å². The molecule has 124 valence electrons. The smallest absolute Gasteiger partial charge is 0.133 e. The van der Waals surface area contributed by atoms with E-state index in [1.165, 1.54) is 16.7 Å². The highest BCUT2D eigenvalue weighted by Crippen LogP contribution is 2.50. The normalized spacial score (nSPS) is 26.3. The minimum Gasteiger partial charge on any atom is -0.508 e. The van der Waals surface area contributed by atoms with E-state index in [0.717, 1.165) is 32.1 Å². The molecule has 2 aromatic carbocycles. The quantitative estimate of drug-likeness (QED) is 0.879. The van der Waals surface area contributed by atoms with Gasteiger partial charge < -0.3 is 5.11 Å². The Labute approximate surface area is 143 Å². The lowest BCUT2D eigenvalue weighted by Gasteiger charge is -2.44. The molecule has 0 aliphatic heterocycles. The average molecular weight is 320 g/mol. The Bertz CT molecular complexity index is 750. The van der Waals surface area contributed by atoms with Crippen molar-refractivity contribution < 1.29 is 9.90 Å². The number of hydrogen-bond acceptors (Lipinski definition) is 2. The van der Waals surface area contributed by atoms with E-state index in [2.05, 4.69) is 36.4 Å². The van der Waals surface area contributed by atoms with Gasteiger partial charge in [-0.3, -0.25) is 4.79 Å². The molecule has 0 amide bonds. The summed E-state index contributed by atoms with van der Waals surface area (Å²) in [6, 6.07) is 16.6. The molecule has 1 saturated carbocycles. The van der Waals surface area contributed by atoms with Crippen LogP contribution in [0.3, 0.4) is 0 Å². The maximum atomic E-state index is 12.2. The zero-order valence-electron chi connectivity index (χ0n) is 14.0. The van der Waals surface area contributed by atoms with Crippen molar-refractivity contribution >= 4 is 5.78 Å². The van der Waals surface area contributed by atoms with Crippen LogP contribution < -0.4 is 0 Å². The lowest BCUT2D eigenvalue weighted by atomic mass is 9.59. The molecule has 1 N–H and O–H groups in total. The summed E-state index contributed by atoms with van der Waals surface area (Å²) in [7, 11) is 0. The van der Waals surface area contributed by atoms with E-state index in [1.54, 1.807) is 0 Å². The van der Waals surface area contributed by atoms with Gasteiger partial charge in [0.05, 0.1) is 0 Å². The number of aryl methyl sites for hydroxylation is 1. The van der Waals surface area contributed by atoms with E-state index < -0.39 is 0 Å². The molecule has 0 bridgehead atoms. The number of fused-ring (bicyclic) bond motifs is 3. The van der Waals surface area contributed by atoms with E-state index in [-0.39, 0.29) is 5.41 Å². The summed E-state index contributed by atoms with van der Waals surface area (Å²) in [6.45, 7) is 0. The maximum Gasteiger partial charge on any atom is 0.133 e. The number of phenolic OH excluding ortho intramolecular Hbond substituents is 1. The third kappa shape index (κ3) is 2.64. The Kier molecular flexibility index (Phi) is 3.91. The maximum absolute atomic E-state index is 12.2. The van der Waals surface area contributed by atoms with Crippen molar-refractivity contribution in [3.05, 3.63) is 65.2 Å². The van der Waals surface area contributed by atoms with E-state index in [9.17, 15) is 9.90 Å². The third-order valence-electron chi connectivity index (χ3n) is 6.09. The summed E-state index contributed by atoms with van der Waals surface area (Å²) in [5.41, 5.74) is 4.04. The summed E-state index contributed by atoms with van der Waals surface area (Å²) in [6.07, 6.45) is 6.54. The van der Waals surface area contributed by atoms with E-state index in [1.807, 2.05) is 12.1 Å². The molecule has 2 heteroatoms. The van der Waals surface area contributed by atoms with Gasteiger partial charge >= 0.3 is 0 Å². The number of carbonyl (C=O) groups is 1. The van der Waals surface area contributed by atoms with Crippen molar-refractivity contribution in [2.45, 2.75) is 50.4 Å². The number of phenols is 1. The van der Waals surface area contributed by atoms with Crippen LogP contribution in [-0.4, -0.2) is 10.9 Å². The van der Waals surface area contributed by atoms with Gasteiger partial charge in [-0.25, -0.2) is 0 Å². The topological polar surface area (TPSA) is 37.3 Å². The van der Waals surface area contributed by atoms with Crippen LogP contribution in [0.5, 0.6) is 5.75 Å². The standard InChI is InChI=1S/C22H24O2/c23-19-9-10-21-17(13-19)7-4-8-18-14-20(24)11-12-22(18,21)15-16-5-2-1-3-6-16/h1-3,5-6,9-10,13,18,23H,4,7-8,11-12,14-15H2/t18-,22-/m1/s1. The second kappa shape index (κ2) is 6.08. The summed E-state index contributed by atoms with van der Waals surface area (Å²) in [5, 5.41) is 9.94. The number of aromatic hydroxyl groups is 1. The average Bonchev–Trinajstić information content (AvgIpc) is 2.72. The van der Waals surface area contributed by atoms with E-state index in [0.29, 0.717) is 30.3 Å². The third-order valence-corrected chi connectivity index (χ3v) is 6.09. The Balaban J connectivity index is 1.84. The lowest BCUT2D eigenvalue weighted by Crippen LogP contribution is -2.42. The Morgan fingerprint density at radius 1 is 1.08 bits per heavy atom. The van der Waals surface area contributed by atoms with Crippen LogP contribution in [0.4, 0.5) is 0 Å². The van der Waals surface area contributed by atoms with Crippen molar-refractivity contribution in [1.29, 1.82) is 0 Å². The molecular formula is C22H24O2. The van der Waals surface area contributed by atoms with Gasteiger partial charge in [0, 0.05) is 18.3 Å². The van der Waals surface area contributed by atoms with Crippen LogP contribution in [0.15, 0.2) is 48.5 Å². The first kappa shape index (κ1) is 15.4. The van der Waals surface area contributed by atoms with Crippen LogP contribution in [0, 0.1) is 5.92 Å². The molecule has 2 aliphatic carbocycles. The fourth-order valence-electron chi connectivity index (χ4n) is 4.97. The summed E-state index contributed by atoms with van der Waals surface area (Å²) in [5.74, 6) is 1.20. The number of carbonyl (C=O) groups excluding carboxylic acids is 1. The molecule has 0 saturated heterocycles. The van der Waals surface area contributed by atoms with E-state index >= 15 is 0 Å². The monoisotopic (exact) mass is 320 g/mol. The van der Waals surface area contributed by atoms with Crippen molar-refractivity contribution in [1.82, 2.24) is 0 Å². The predicted molar refractivity (Wildman–Crippen MR) is 95.2 cm³/mol. The fourth-order valence-corrected chi connectivity index (χ4v) is 4.97. The van der Waals surface area contributed by atoms with Gasteiger partial charge in [-0.05, 0) is 66.8 Å². The van der Waals surface area contributed by atoms with Gasteiger partial charge in [-0.2, -0.15) is 0 Å². The molecule has 0 spiro atoms. The Hall–Kier alpha value is -2.09. The molecule has 4 rings (SSSR count). The molecule has 24 heavy (non-hydrogen) atoms. The minimum absolute atomic E-state index is 0.0365. The Morgan fingerprint density at radius 3 is 2.75 bits per heavy atom. The van der Waals surface area contributed by atoms with Crippen LogP contribution in [0.2, 0.25) is 0 Å². The fraction of sp³-hybridized carbons (Fsp3) is 0.409.